The van der Waals surface area contributed by atoms with Crippen molar-refractivity contribution in [2.45, 2.75) is 59.9 Å². The van der Waals surface area contributed by atoms with Gasteiger partial charge in [0.15, 0.2) is 5.65 Å². The van der Waals surface area contributed by atoms with E-state index < -0.39 is 0 Å². The summed E-state index contributed by atoms with van der Waals surface area (Å²) in [4.78, 5) is 12.8. The molecule has 0 saturated carbocycles. The molecule has 0 aliphatic rings. The lowest BCUT2D eigenvalue weighted by Gasteiger charge is -2.15. The first-order valence-electron chi connectivity index (χ1n) is 13.4. The molecule has 0 aliphatic heterocycles. The second-order valence-corrected chi connectivity index (χ2v) is 10.8. The fraction of sp³-hybridized carbons (Fsp3) is 0.419. The molecule has 8 heteroatoms. The smallest absolute Gasteiger partial charge is 0.156 e. The number of halogens is 2. The summed E-state index contributed by atoms with van der Waals surface area (Å²) in [6.07, 6.45) is 12.7. The zero-order valence-corrected chi connectivity index (χ0v) is 25.3. The van der Waals surface area contributed by atoms with Gasteiger partial charge in [-0.05, 0) is 41.9 Å². The zero-order valence-electron chi connectivity index (χ0n) is 23.8. The van der Waals surface area contributed by atoms with Crippen LogP contribution in [0.4, 0.5) is 5.82 Å². The van der Waals surface area contributed by atoms with E-state index in [0.717, 1.165) is 29.2 Å². The van der Waals surface area contributed by atoms with E-state index in [0.29, 0.717) is 45.4 Å². The van der Waals surface area contributed by atoms with Gasteiger partial charge in [0.25, 0.3) is 0 Å². The van der Waals surface area contributed by atoms with Gasteiger partial charge in [-0.1, -0.05) is 88.5 Å². The standard InChI is InChI=1S/C31H40Cl2N4O2/c1-8-10-20(5)11-12-21(9-2)13-14-22(19(3)4)24-15-25-31(37-24)35-18-28(36-25)34-17-23-29(32)26(38-6)16-27(39-7)30(23)33/h9,13-16,18-20H,2,8,10-12,17H2,1,3-7H3,(H,34,36)(H,35,37)/b21-13+,22-14+. The van der Waals surface area contributed by atoms with Gasteiger partial charge in [-0.2, -0.15) is 0 Å². The third-order valence-corrected chi connectivity index (χ3v) is 7.65. The second-order valence-electron chi connectivity index (χ2n) is 10.1. The Morgan fingerprint density at radius 2 is 1.77 bits per heavy atom. The number of methoxy groups -OCH3 is 2. The summed E-state index contributed by atoms with van der Waals surface area (Å²) in [6, 6.07) is 3.71. The van der Waals surface area contributed by atoms with Crippen LogP contribution >= 0.6 is 23.2 Å². The van der Waals surface area contributed by atoms with Gasteiger partial charge < -0.3 is 19.8 Å². The van der Waals surface area contributed by atoms with Crippen molar-refractivity contribution in [3.63, 3.8) is 0 Å². The van der Waals surface area contributed by atoms with Gasteiger partial charge >= 0.3 is 0 Å². The number of aromatic amines is 1. The van der Waals surface area contributed by atoms with E-state index in [1.54, 1.807) is 26.5 Å². The van der Waals surface area contributed by atoms with Crippen molar-refractivity contribution in [2.24, 2.45) is 11.8 Å². The summed E-state index contributed by atoms with van der Waals surface area (Å²) in [7, 11) is 3.10. The van der Waals surface area contributed by atoms with E-state index in [4.69, 9.17) is 37.7 Å². The van der Waals surface area contributed by atoms with Crippen LogP contribution in [-0.2, 0) is 6.54 Å². The number of allylic oxidation sites excluding steroid dienone is 5. The van der Waals surface area contributed by atoms with E-state index >= 15 is 0 Å². The molecule has 1 atom stereocenters. The van der Waals surface area contributed by atoms with Gasteiger partial charge in [0.2, 0.25) is 0 Å². The fourth-order valence-electron chi connectivity index (χ4n) is 4.51. The summed E-state index contributed by atoms with van der Waals surface area (Å²) < 4.78 is 10.7. The summed E-state index contributed by atoms with van der Waals surface area (Å²) >= 11 is 13.0. The lowest BCUT2D eigenvalue weighted by atomic mass is 9.95. The molecule has 0 spiro atoms. The normalized spacial score (nSPS) is 13.2. The van der Waals surface area contributed by atoms with Crippen LogP contribution in [0.3, 0.4) is 0 Å². The van der Waals surface area contributed by atoms with Crippen LogP contribution in [0, 0.1) is 11.8 Å². The van der Waals surface area contributed by atoms with Crippen molar-refractivity contribution >= 4 is 45.8 Å². The Labute approximate surface area is 242 Å². The number of hydrogen-bond donors (Lipinski definition) is 2. The van der Waals surface area contributed by atoms with Crippen LogP contribution in [0.2, 0.25) is 10.0 Å². The number of fused-ring (bicyclic) bond motifs is 1. The molecule has 0 amide bonds. The Balaban J connectivity index is 1.83. The maximum atomic E-state index is 6.52. The molecule has 0 fully saturated rings. The first kappa shape index (κ1) is 30.6. The Morgan fingerprint density at radius 1 is 1.08 bits per heavy atom. The number of aromatic nitrogens is 3. The quantitative estimate of drug-likeness (QED) is 0.189. The van der Waals surface area contributed by atoms with E-state index in [9.17, 15) is 0 Å². The number of H-pyrrole nitrogens is 1. The average molecular weight is 572 g/mol. The van der Waals surface area contributed by atoms with Crippen molar-refractivity contribution < 1.29 is 9.47 Å². The number of benzene rings is 1. The Hall–Kier alpha value is -2.96. The first-order chi connectivity index (χ1) is 18.7. The van der Waals surface area contributed by atoms with Gasteiger partial charge in [0, 0.05) is 23.9 Å². The minimum Gasteiger partial charge on any atom is -0.495 e. The number of nitrogens with one attached hydrogen (secondary N) is 2. The minimum atomic E-state index is 0.310. The lowest BCUT2D eigenvalue weighted by Crippen LogP contribution is -2.05. The van der Waals surface area contributed by atoms with Gasteiger partial charge in [-0.15, -0.1) is 0 Å². The monoisotopic (exact) mass is 570 g/mol. The SMILES string of the molecule is C=C/C(=C\C=C(\c1cc2nc(NCc3c(Cl)c(OC)cc(OC)c3Cl)cnc2[nH]1)C(C)C)CCC(C)CCC. The van der Waals surface area contributed by atoms with Gasteiger partial charge in [0.05, 0.1) is 30.5 Å². The molecular weight excluding hydrogens is 531 g/mol. The van der Waals surface area contributed by atoms with E-state index in [1.807, 2.05) is 12.1 Å². The molecule has 1 unspecified atom stereocenters. The summed E-state index contributed by atoms with van der Waals surface area (Å²) in [5.41, 5.74) is 5.59. The molecule has 0 radical (unpaired) electrons. The van der Waals surface area contributed by atoms with Gasteiger partial charge in [-0.3, -0.25) is 0 Å². The highest BCUT2D eigenvalue weighted by molar-refractivity contribution is 6.37. The molecule has 0 bridgehead atoms. The zero-order chi connectivity index (χ0) is 28.5. The average Bonchev–Trinajstić information content (AvgIpc) is 3.33. The molecule has 6 nitrogen and oxygen atoms in total. The van der Waals surface area contributed by atoms with Crippen LogP contribution in [0.5, 0.6) is 11.5 Å². The summed E-state index contributed by atoms with van der Waals surface area (Å²) in [6.45, 7) is 13.3. The molecule has 2 heterocycles. The van der Waals surface area contributed by atoms with E-state index in [-0.39, 0.29) is 0 Å². The number of rotatable bonds is 14. The molecule has 39 heavy (non-hydrogen) atoms. The highest BCUT2D eigenvalue weighted by atomic mass is 35.5. The fourth-order valence-corrected chi connectivity index (χ4v) is 5.14. The molecule has 210 valence electrons. The summed E-state index contributed by atoms with van der Waals surface area (Å²) in [5.74, 6) is 2.61. The third kappa shape index (κ3) is 7.80. The molecule has 3 aromatic rings. The molecule has 0 saturated heterocycles. The van der Waals surface area contributed by atoms with Crippen LogP contribution in [0.1, 0.15) is 64.6 Å². The largest absolute Gasteiger partial charge is 0.495 e. The topological polar surface area (TPSA) is 72.1 Å². The molecular formula is C31H40Cl2N4O2. The minimum absolute atomic E-state index is 0.310. The van der Waals surface area contributed by atoms with Gasteiger partial charge in [-0.25, -0.2) is 9.97 Å². The maximum absolute atomic E-state index is 6.52. The van der Waals surface area contributed by atoms with E-state index in [2.05, 4.69) is 61.7 Å². The highest BCUT2D eigenvalue weighted by Crippen LogP contribution is 2.40. The third-order valence-electron chi connectivity index (χ3n) is 6.82. The van der Waals surface area contributed by atoms with Crippen molar-refractivity contribution in [1.29, 1.82) is 0 Å². The predicted molar refractivity (Wildman–Crippen MR) is 165 cm³/mol. The van der Waals surface area contributed by atoms with Crippen LogP contribution in [0.15, 0.2) is 48.7 Å². The van der Waals surface area contributed by atoms with Crippen molar-refractivity contribution in [3.05, 3.63) is 70.0 Å². The summed E-state index contributed by atoms with van der Waals surface area (Å²) in [5, 5.41) is 4.12. The van der Waals surface area contributed by atoms with Crippen LogP contribution in [-0.4, -0.2) is 29.2 Å². The van der Waals surface area contributed by atoms with Crippen molar-refractivity contribution in [1.82, 2.24) is 15.0 Å². The maximum Gasteiger partial charge on any atom is 0.156 e. The Bertz CT molecular complexity index is 1320. The van der Waals surface area contributed by atoms with E-state index in [1.165, 1.54) is 30.4 Å². The number of ether oxygens (including phenoxy) is 2. The molecule has 2 N–H and O–H groups in total. The Kier molecular flexibility index (Phi) is 11.3. The predicted octanol–water partition coefficient (Wildman–Crippen LogP) is 9.26. The number of hydrogen-bond acceptors (Lipinski definition) is 5. The first-order valence-corrected chi connectivity index (χ1v) is 14.2. The molecule has 2 aromatic heterocycles. The van der Waals surface area contributed by atoms with Crippen LogP contribution < -0.4 is 14.8 Å². The molecule has 1 aromatic carbocycles. The highest BCUT2D eigenvalue weighted by Gasteiger charge is 2.18. The van der Waals surface area contributed by atoms with Crippen molar-refractivity contribution in [2.75, 3.05) is 19.5 Å². The molecule has 0 aliphatic carbocycles. The molecule has 3 rings (SSSR count). The van der Waals surface area contributed by atoms with Crippen LogP contribution in [0.25, 0.3) is 16.7 Å². The number of anilines is 1. The number of nitrogens with zero attached hydrogens (tertiary/aromatic N) is 2. The Morgan fingerprint density at radius 3 is 2.36 bits per heavy atom. The lowest BCUT2D eigenvalue weighted by molar-refractivity contribution is 0.394. The van der Waals surface area contributed by atoms with Gasteiger partial charge in [0.1, 0.15) is 22.8 Å². The second kappa shape index (κ2) is 14.4. The van der Waals surface area contributed by atoms with Crippen molar-refractivity contribution in [3.8, 4) is 11.5 Å².